The lowest BCUT2D eigenvalue weighted by Gasteiger charge is -2.14. The molecule has 1 heteroatoms. The van der Waals surface area contributed by atoms with Gasteiger partial charge in [-0.3, -0.25) is 0 Å². The minimum atomic E-state index is 0.712. The molecule has 0 aliphatic rings. The molecular formula is C10H21N. The van der Waals surface area contributed by atoms with E-state index < -0.39 is 0 Å². The smallest absolute Gasteiger partial charge is 0.00771 e. The minimum absolute atomic E-state index is 0.712. The van der Waals surface area contributed by atoms with E-state index in [-0.39, 0.29) is 0 Å². The number of hydrogen-bond donors (Lipinski definition) is 1. The van der Waals surface area contributed by atoms with Crippen LogP contribution in [0.1, 0.15) is 39.5 Å². The first-order valence-electron chi connectivity index (χ1n) is 4.57. The number of allylic oxidation sites excluding steroid dienone is 1. The van der Waals surface area contributed by atoms with Crippen molar-refractivity contribution in [1.29, 1.82) is 0 Å². The van der Waals surface area contributed by atoms with Crippen LogP contribution in [-0.2, 0) is 0 Å². The molecule has 0 fully saturated rings. The largest absolute Gasteiger partial charge is 0.330 e. The van der Waals surface area contributed by atoms with E-state index in [0.29, 0.717) is 5.92 Å². The maximum Gasteiger partial charge on any atom is -0.00771 e. The van der Waals surface area contributed by atoms with E-state index in [9.17, 15) is 0 Å². The van der Waals surface area contributed by atoms with Crippen LogP contribution in [-0.4, -0.2) is 6.54 Å². The normalized spacial score (nSPS) is 13.0. The molecule has 0 saturated carbocycles. The van der Waals surface area contributed by atoms with Crippen LogP contribution in [0.4, 0.5) is 0 Å². The highest BCUT2D eigenvalue weighted by Gasteiger charge is 2.06. The van der Waals surface area contributed by atoms with Crippen molar-refractivity contribution in [2.45, 2.75) is 39.5 Å². The first-order chi connectivity index (χ1) is 5.22. The summed E-state index contributed by atoms with van der Waals surface area (Å²) < 4.78 is 0. The molecule has 0 saturated heterocycles. The third kappa shape index (κ3) is 5.02. The molecule has 1 nitrogen and oxygen atoms in total. The lowest BCUT2D eigenvalue weighted by molar-refractivity contribution is 0.497. The lowest BCUT2D eigenvalue weighted by Crippen LogP contribution is -2.05. The van der Waals surface area contributed by atoms with Crippen molar-refractivity contribution in [2.24, 2.45) is 11.7 Å². The van der Waals surface area contributed by atoms with Gasteiger partial charge in [0.2, 0.25) is 0 Å². The van der Waals surface area contributed by atoms with Crippen molar-refractivity contribution in [1.82, 2.24) is 0 Å². The van der Waals surface area contributed by atoms with Gasteiger partial charge in [-0.15, -0.1) is 0 Å². The molecule has 0 aliphatic heterocycles. The second-order valence-corrected chi connectivity index (χ2v) is 3.26. The van der Waals surface area contributed by atoms with E-state index in [4.69, 9.17) is 5.73 Å². The Morgan fingerprint density at radius 3 is 2.45 bits per heavy atom. The van der Waals surface area contributed by atoms with Crippen LogP contribution < -0.4 is 5.73 Å². The van der Waals surface area contributed by atoms with Crippen LogP contribution in [0.25, 0.3) is 0 Å². The van der Waals surface area contributed by atoms with E-state index in [1.807, 2.05) is 0 Å². The summed E-state index contributed by atoms with van der Waals surface area (Å²) in [7, 11) is 0. The Bertz CT molecular complexity index is 107. The summed E-state index contributed by atoms with van der Waals surface area (Å²) in [6.45, 7) is 9.14. The third-order valence-corrected chi connectivity index (χ3v) is 2.09. The zero-order chi connectivity index (χ0) is 8.69. The maximum absolute atomic E-state index is 5.44. The summed E-state index contributed by atoms with van der Waals surface area (Å²) in [5.41, 5.74) is 6.76. The van der Waals surface area contributed by atoms with Crippen LogP contribution in [0.3, 0.4) is 0 Å². The van der Waals surface area contributed by atoms with Crippen LogP contribution >= 0.6 is 0 Å². The molecule has 0 amide bonds. The summed E-state index contributed by atoms with van der Waals surface area (Å²) in [4.78, 5) is 0. The number of rotatable bonds is 6. The monoisotopic (exact) mass is 155 g/mol. The van der Waals surface area contributed by atoms with Gasteiger partial charge in [0.15, 0.2) is 0 Å². The second kappa shape index (κ2) is 6.41. The van der Waals surface area contributed by atoms with E-state index in [0.717, 1.165) is 13.0 Å². The topological polar surface area (TPSA) is 26.0 Å². The van der Waals surface area contributed by atoms with Gasteiger partial charge in [0.1, 0.15) is 0 Å². The van der Waals surface area contributed by atoms with Gasteiger partial charge < -0.3 is 5.73 Å². The van der Waals surface area contributed by atoms with Crippen molar-refractivity contribution in [3.05, 3.63) is 12.2 Å². The van der Waals surface area contributed by atoms with Gasteiger partial charge in [-0.1, -0.05) is 25.5 Å². The van der Waals surface area contributed by atoms with Gasteiger partial charge in [0.05, 0.1) is 0 Å². The SMILES string of the molecule is C=C(C)C(CCC)CCCN. The minimum Gasteiger partial charge on any atom is -0.330 e. The van der Waals surface area contributed by atoms with Gasteiger partial charge in [0, 0.05) is 0 Å². The third-order valence-electron chi connectivity index (χ3n) is 2.09. The van der Waals surface area contributed by atoms with Crippen molar-refractivity contribution in [2.75, 3.05) is 6.54 Å². The standard InChI is InChI=1S/C10H21N/c1-4-6-10(9(2)3)7-5-8-11/h10H,2,4-8,11H2,1,3H3. The molecule has 1 atom stereocenters. The van der Waals surface area contributed by atoms with E-state index >= 15 is 0 Å². The Kier molecular flexibility index (Phi) is 6.24. The van der Waals surface area contributed by atoms with Crippen molar-refractivity contribution in [3.63, 3.8) is 0 Å². The molecule has 0 bridgehead atoms. The Hall–Kier alpha value is -0.300. The molecule has 0 aromatic heterocycles. The predicted octanol–water partition coefficient (Wildman–Crippen LogP) is 2.72. The van der Waals surface area contributed by atoms with Crippen LogP contribution in [0.2, 0.25) is 0 Å². The molecule has 1 unspecified atom stereocenters. The summed E-state index contributed by atoms with van der Waals surface area (Å²) in [6, 6.07) is 0. The van der Waals surface area contributed by atoms with Gasteiger partial charge in [-0.2, -0.15) is 0 Å². The van der Waals surface area contributed by atoms with Crippen LogP contribution in [0.15, 0.2) is 12.2 Å². The Labute approximate surface area is 70.7 Å². The van der Waals surface area contributed by atoms with Crippen LogP contribution in [0.5, 0.6) is 0 Å². The highest BCUT2D eigenvalue weighted by Crippen LogP contribution is 2.20. The fourth-order valence-electron chi connectivity index (χ4n) is 1.35. The zero-order valence-corrected chi connectivity index (χ0v) is 7.90. The highest BCUT2D eigenvalue weighted by atomic mass is 14.5. The van der Waals surface area contributed by atoms with Gasteiger partial charge in [-0.25, -0.2) is 0 Å². The zero-order valence-electron chi connectivity index (χ0n) is 7.90. The summed E-state index contributed by atoms with van der Waals surface area (Å²) in [5, 5.41) is 0. The van der Waals surface area contributed by atoms with Crippen molar-refractivity contribution >= 4 is 0 Å². The summed E-state index contributed by atoms with van der Waals surface area (Å²) >= 11 is 0. The fourth-order valence-corrected chi connectivity index (χ4v) is 1.35. The summed E-state index contributed by atoms with van der Waals surface area (Å²) in [6.07, 6.45) is 4.88. The molecule has 0 rings (SSSR count). The first-order valence-corrected chi connectivity index (χ1v) is 4.57. The molecule has 0 aromatic rings. The molecule has 0 spiro atoms. The molecule has 0 aliphatic carbocycles. The van der Waals surface area contributed by atoms with E-state index in [1.165, 1.54) is 24.8 Å². The molecule has 2 N–H and O–H groups in total. The van der Waals surface area contributed by atoms with Gasteiger partial charge in [-0.05, 0) is 38.6 Å². The van der Waals surface area contributed by atoms with Crippen molar-refractivity contribution in [3.8, 4) is 0 Å². The first kappa shape index (κ1) is 10.7. The molecule has 0 aromatic carbocycles. The van der Waals surface area contributed by atoms with Gasteiger partial charge in [0.25, 0.3) is 0 Å². The van der Waals surface area contributed by atoms with Crippen LogP contribution in [0, 0.1) is 5.92 Å². The van der Waals surface area contributed by atoms with E-state index in [1.54, 1.807) is 0 Å². The molecular weight excluding hydrogens is 134 g/mol. The Morgan fingerprint density at radius 2 is 2.09 bits per heavy atom. The number of nitrogens with two attached hydrogens (primary N) is 1. The molecule has 0 radical (unpaired) electrons. The lowest BCUT2D eigenvalue weighted by atomic mass is 9.92. The summed E-state index contributed by atoms with van der Waals surface area (Å²) in [5.74, 6) is 0.712. The Morgan fingerprint density at radius 1 is 1.45 bits per heavy atom. The quantitative estimate of drug-likeness (QED) is 0.586. The molecule has 11 heavy (non-hydrogen) atoms. The Balaban J connectivity index is 3.60. The molecule has 66 valence electrons. The average molecular weight is 155 g/mol. The predicted molar refractivity (Wildman–Crippen MR) is 51.5 cm³/mol. The van der Waals surface area contributed by atoms with Gasteiger partial charge >= 0.3 is 0 Å². The van der Waals surface area contributed by atoms with E-state index in [2.05, 4.69) is 20.4 Å². The maximum atomic E-state index is 5.44. The average Bonchev–Trinajstić information content (AvgIpc) is 1.97. The second-order valence-electron chi connectivity index (χ2n) is 3.26. The fraction of sp³-hybridized carbons (Fsp3) is 0.800. The number of hydrogen-bond acceptors (Lipinski definition) is 1. The molecule has 0 heterocycles. The highest BCUT2D eigenvalue weighted by molar-refractivity contribution is 4.95. The van der Waals surface area contributed by atoms with Crippen molar-refractivity contribution < 1.29 is 0 Å².